The molecule has 150 valence electrons. The third-order valence-corrected chi connectivity index (χ3v) is 5.82. The first-order valence-corrected chi connectivity index (χ1v) is 10.1. The van der Waals surface area contributed by atoms with Crippen LogP contribution < -0.4 is 15.0 Å². The number of anilines is 2. The molecule has 0 radical (unpaired) electrons. The lowest BCUT2D eigenvalue weighted by Gasteiger charge is -2.17. The maximum absolute atomic E-state index is 13.8. The Labute approximate surface area is 171 Å². The van der Waals surface area contributed by atoms with Crippen LogP contribution in [-0.2, 0) is 0 Å². The van der Waals surface area contributed by atoms with E-state index in [-0.39, 0.29) is 11.3 Å². The molecule has 2 heterocycles. The fraction of sp³-hybridized carbons (Fsp3) is 0.238. The van der Waals surface area contributed by atoms with Gasteiger partial charge in [0.2, 0.25) is 0 Å². The number of amides is 1. The number of hydrogen-bond acceptors (Lipinski definition) is 6. The monoisotopic (exact) mass is 413 g/mol. The van der Waals surface area contributed by atoms with E-state index in [4.69, 9.17) is 4.74 Å². The molecule has 1 amide bonds. The summed E-state index contributed by atoms with van der Waals surface area (Å²) in [7, 11) is 1.29. The second kappa shape index (κ2) is 8.08. The number of aromatic nitrogens is 1. The highest BCUT2D eigenvalue weighted by Crippen LogP contribution is 2.33. The van der Waals surface area contributed by atoms with Gasteiger partial charge in [0.15, 0.2) is 22.4 Å². The number of rotatable bonds is 5. The first kappa shape index (κ1) is 19.2. The zero-order chi connectivity index (χ0) is 20.4. The number of carbonyl (C=O) groups excluding carboxylic acids is 1. The highest BCUT2D eigenvalue weighted by molar-refractivity contribution is 7.19. The molecular weight excluding hydrogens is 393 g/mol. The van der Waals surface area contributed by atoms with Gasteiger partial charge in [-0.15, -0.1) is 0 Å². The van der Waals surface area contributed by atoms with Crippen LogP contribution in [0.2, 0.25) is 0 Å². The van der Waals surface area contributed by atoms with Gasteiger partial charge in [0, 0.05) is 30.5 Å². The first-order valence-electron chi connectivity index (χ1n) is 9.24. The van der Waals surface area contributed by atoms with Crippen molar-refractivity contribution >= 4 is 28.1 Å². The Bertz CT molecular complexity index is 1030. The van der Waals surface area contributed by atoms with E-state index in [1.807, 2.05) is 12.1 Å². The predicted molar refractivity (Wildman–Crippen MR) is 112 cm³/mol. The Morgan fingerprint density at radius 2 is 1.97 bits per heavy atom. The van der Waals surface area contributed by atoms with Crippen molar-refractivity contribution in [2.45, 2.75) is 12.8 Å². The van der Waals surface area contributed by atoms with Crippen molar-refractivity contribution in [1.29, 1.82) is 0 Å². The highest BCUT2D eigenvalue weighted by Gasteiger charge is 2.17. The zero-order valence-electron chi connectivity index (χ0n) is 15.8. The fourth-order valence-electron chi connectivity index (χ4n) is 3.31. The summed E-state index contributed by atoms with van der Waals surface area (Å²) >= 11 is 1.33. The van der Waals surface area contributed by atoms with E-state index in [1.54, 1.807) is 6.20 Å². The molecule has 0 spiro atoms. The third-order valence-electron chi connectivity index (χ3n) is 4.86. The Morgan fingerprint density at radius 3 is 2.66 bits per heavy atom. The Kier molecular flexibility index (Phi) is 5.35. The number of hydrogen-bond donors (Lipinski definition) is 2. The Hall–Kier alpha value is -3.13. The van der Waals surface area contributed by atoms with Crippen molar-refractivity contribution in [2.24, 2.45) is 0 Å². The summed E-state index contributed by atoms with van der Waals surface area (Å²) < 4.78 is 18.7. The molecule has 0 unspecified atom stereocenters. The van der Waals surface area contributed by atoms with Crippen molar-refractivity contribution in [3.05, 3.63) is 54.0 Å². The van der Waals surface area contributed by atoms with Crippen LogP contribution in [0.25, 0.3) is 10.4 Å². The maximum atomic E-state index is 13.8. The van der Waals surface area contributed by atoms with Gasteiger partial charge < -0.3 is 14.7 Å². The number of thiazole rings is 1. The molecular formula is C21H20FN3O3S. The van der Waals surface area contributed by atoms with E-state index in [0.717, 1.165) is 29.6 Å². The molecule has 1 aliphatic rings. The average Bonchev–Trinajstić information content (AvgIpc) is 3.42. The molecule has 1 aliphatic heterocycles. The van der Waals surface area contributed by atoms with E-state index in [1.165, 1.54) is 43.0 Å². The van der Waals surface area contributed by atoms with Crippen LogP contribution >= 0.6 is 11.3 Å². The SMILES string of the molecule is COc1cc(C(=O)Nc2ncc(-c3ccc(N4CCCC4)cc3)s2)cc(F)c1O. The number of phenolic OH excluding ortho intramolecular Hbond substituents is 1. The van der Waals surface area contributed by atoms with Gasteiger partial charge in [-0.1, -0.05) is 23.5 Å². The van der Waals surface area contributed by atoms with E-state index in [2.05, 4.69) is 27.3 Å². The van der Waals surface area contributed by atoms with Crippen molar-refractivity contribution in [3.8, 4) is 21.9 Å². The summed E-state index contributed by atoms with van der Waals surface area (Å²) in [6.07, 6.45) is 4.16. The molecule has 2 aromatic carbocycles. The summed E-state index contributed by atoms with van der Waals surface area (Å²) in [5.74, 6) is -2.19. The minimum atomic E-state index is -0.924. The van der Waals surface area contributed by atoms with Crippen LogP contribution in [0.5, 0.6) is 11.5 Å². The molecule has 1 fully saturated rings. The average molecular weight is 413 g/mol. The van der Waals surface area contributed by atoms with Crippen LogP contribution in [0, 0.1) is 5.82 Å². The highest BCUT2D eigenvalue weighted by atomic mass is 32.1. The Morgan fingerprint density at radius 1 is 1.24 bits per heavy atom. The zero-order valence-corrected chi connectivity index (χ0v) is 16.6. The van der Waals surface area contributed by atoms with Crippen molar-refractivity contribution < 1.29 is 19.0 Å². The predicted octanol–water partition coefficient (Wildman–Crippen LogP) is 4.52. The molecule has 29 heavy (non-hydrogen) atoms. The quantitative estimate of drug-likeness (QED) is 0.644. The van der Waals surface area contributed by atoms with Gasteiger partial charge in [-0.2, -0.15) is 0 Å². The summed E-state index contributed by atoms with van der Waals surface area (Å²) in [6.45, 7) is 2.19. The van der Waals surface area contributed by atoms with Gasteiger partial charge in [-0.3, -0.25) is 10.1 Å². The standard InChI is InChI=1S/C21H20FN3O3S/c1-28-17-11-14(10-16(22)19(17)26)20(27)24-21-23-12-18(29-21)13-4-6-15(7-5-13)25-8-2-3-9-25/h4-7,10-12,26H,2-3,8-9H2,1H3,(H,23,24,27). The number of halogens is 1. The van der Waals surface area contributed by atoms with Gasteiger partial charge in [-0.05, 0) is 42.7 Å². The van der Waals surface area contributed by atoms with Crippen LogP contribution in [0.15, 0.2) is 42.6 Å². The summed E-state index contributed by atoms with van der Waals surface area (Å²) in [5, 5.41) is 12.6. The summed E-state index contributed by atoms with van der Waals surface area (Å²) in [4.78, 5) is 20.0. The van der Waals surface area contributed by atoms with E-state index >= 15 is 0 Å². The van der Waals surface area contributed by atoms with Crippen LogP contribution in [0.3, 0.4) is 0 Å². The molecule has 4 rings (SSSR count). The van der Waals surface area contributed by atoms with Crippen LogP contribution in [0.4, 0.5) is 15.2 Å². The van der Waals surface area contributed by atoms with Crippen molar-refractivity contribution in [1.82, 2.24) is 4.98 Å². The van der Waals surface area contributed by atoms with Crippen LogP contribution in [-0.4, -0.2) is 36.2 Å². The smallest absolute Gasteiger partial charge is 0.257 e. The number of methoxy groups -OCH3 is 1. The van der Waals surface area contributed by atoms with E-state index in [0.29, 0.717) is 5.13 Å². The molecule has 2 N–H and O–H groups in total. The van der Waals surface area contributed by atoms with Gasteiger partial charge in [0.1, 0.15) is 0 Å². The normalized spacial score (nSPS) is 13.5. The fourth-order valence-corrected chi connectivity index (χ4v) is 4.12. The lowest BCUT2D eigenvalue weighted by atomic mass is 10.2. The van der Waals surface area contributed by atoms with Gasteiger partial charge in [0.25, 0.3) is 5.91 Å². The molecule has 3 aromatic rings. The number of benzene rings is 2. The maximum Gasteiger partial charge on any atom is 0.257 e. The largest absolute Gasteiger partial charge is 0.502 e. The van der Waals surface area contributed by atoms with Gasteiger partial charge >= 0.3 is 0 Å². The number of carbonyl (C=O) groups is 1. The number of nitrogens with zero attached hydrogens (tertiary/aromatic N) is 2. The lowest BCUT2D eigenvalue weighted by Crippen LogP contribution is -2.17. The van der Waals surface area contributed by atoms with E-state index < -0.39 is 17.5 Å². The van der Waals surface area contributed by atoms with Crippen molar-refractivity contribution in [3.63, 3.8) is 0 Å². The van der Waals surface area contributed by atoms with Crippen LogP contribution in [0.1, 0.15) is 23.2 Å². The summed E-state index contributed by atoms with van der Waals surface area (Å²) in [5.41, 5.74) is 2.26. The molecule has 1 saturated heterocycles. The lowest BCUT2D eigenvalue weighted by molar-refractivity contribution is 0.102. The number of phenols is 1. The van der Waals surface area contributed by atoms with Gasteiger partial charge in [0.05, 0.1) is 12.0 Å². The first-order chi connectivity index (χ1) is 14.0. The second-order valence-corrected chi connectivity index (χ2v) is 7.76. The molecule has 0 bridgehead atoms. The van der Waals surface area contributed by atoms with Crippen molar-refractivity contribution in [2.75, 3.05) is 30.4 Å². The topological polar surface area (TPSA) is 74.7 Å². The molecule has 0 aliphatic carbocycles. The second-order valence-electron chi connectivity index (χ2n) is 6.73. The molecule has 0 atom stereocenters. The molecule has 6 nitrogen and oxygen atoms in total. The third kappa shape index (κ3) is 4.02. The number of aromatic hydroxyl groups is 1. The number of nitrogens with one attached hydrogen (secondary N) is 1. The molecule has 0 saturated carbocycles. The van der Waals surface area contributed by atoms with E-state index in [9.17, 15) is 14.3 Å². The minimum absolute atomic E-state index is 0.0314. The minimum Gasteiger partial charge on any atom is -0.502 e. The van der Waals surface area contributed by atoms with Gasteiger partial charge in [-0.25, -0.2) is 9.37 Å². The summed E-state index contributed by atoms with van der Waals surface area (Å²) in [6, 6.07) is 10.5. The molecule has 1 aromatic heterocycles. The number of ether oxygens (including phenoxy) is 1. The Balaban J connectivity index is 1.48. The molecule has 8 heteroatoms.